The van der Waals surface area contributed by atoms with Crippen molar-refractivity contribution in [1.82, 2.24) is 15.3 Å². The number of hydrogen-bond acceptors (Lipinski definition) is 4. The van der Waals surface area contributed by atoms with Gasteiger partial charge in [0, 0.05) is 24.2 Å². The van der Waals surface area contributed by atoms with Crippen molar-refractivity contribution in [2.75, 3.05) is 0 Å². The Morgan fingerprint density at radius 2 is 2.25 bits per heavy atom. The molecule has 2 aliphatic carbocycles. The summed E-state index contributed by atoms with van der Waals surface area (Å²) in [6.45, 7) is 0.900. The molecule has 4 rings (SSSR count). The van der Waals surface area contributed by atoms with E-state index in [-0.39, 0.29) is 0 Å². The highest BCUT2D eigenvalue weighted by Crippen LogP contribution is 2.44. The van der Waals surface area contributed by atoms with E-state index in [1.165, 1.54) is 25.7 Å². The topological polar surface area (TPSA) is 37.8 Å². The molecule has 2 aliphatic rings. The lowest BCUT2D eigenvalue weighted by Gasteiger charge is -2.22. The van der Waals surface area contributed by atoms with Gasteiger partial charge < -0.3 is 5.32 Å². The smallest absolute Gasteiger partial charge is 0.142 e. The highest BCUT2D eigenvalue weighted by molar-refractivity contribution is 7.13. The molecule has 2 saturated carbocycles. The minimum absolute atomic E-state index is 0.730. The SMILES string of the molecule is c1ccc(-c2nc(CNC3CC4CCC3C4)cs2)nc1. The standard InChI is InChI=1S/C16H19N3S/c1-2-6-17-14(3-1)16-19-13(10-20-16)9-18-15-8-11-4-5-12(15)7-11/h1-3,6,10-12,15,18H,4-5,7-9H2. The summed E-state index contributed by atoms with van der Waals surface area (Å²) < 4.78 is 0. The Balaban J connectivity index is 1.39. The van der Waals surface area contributed by atoms with Gasteiger partial charge in [-0.15, -0.1) is 11.3 Å². The Labute approximate surface area is 123 Å². The molecule has 0 amide bonds. The van der Waals surface area contributed by atoms with Crippen LogP contribution in [0.15, 0.2) is 29.8 Å². The van der Waals surface area contributed by atoms with Crippen molar-refractivity contribution in [1.29, 1.82) is 0 Å². The lowest BCUT2D eigenvalue weighted by atomic mass is 9.95. The molecule has 3 nitrogen and oxygen atoms in total. The summed E-state index contributed by atoms with van der Waals surface area (Å²) >= 11 is 1.69. The predicted molar refractivity (Wildman–Crippen MR) is 81.4 cm³/mol. The average molecular weight is 285 g/mol. The van der Waals surface area contributed by atoms with Gasteiger partial charge in [0.05, 0.1) is 11.4 Å². The monoisotopic (exact) mass is 285 g/mol. The van der Waals surface area contributed by atoms with Crippen LogP contribution in [0.3, 0.4) is 0 Å². The molecule has 2 aromatic heterocycles. The third-order valence-electron chi connectivity index (χ3n) is 4.72. The highest BCUT2D eigenvalue weighted by atomic mass is 32.1. The fourth-order valence-electron chi connectivity index (χ4n) is 3.73. The van der Waals surface area contributed by atoms with E-state index < -0.39 is 0 Å². The molecule has 104 valence electrons. The maximum absolute atomic E-state index is 4.70. The van der Waals surface area contributed by atoms with Crippen LogP contribution in [0, 0.1) is 11.8 Å². The summed E-state index contributed by atoms with van der Waals surface area (Å²) in [5.41, 5.74) is 2.13. The molecule has 3 atom stereocenters. The number of rotatable bonds is 4. The minimum Gasteiger partial charge on any atom is -0.308 e. The summed E-state index contributed by atoms with van der Waals surface area (Å²) in [5, 5.41) is 6.90. The molecular weight excluding hydrogens is 266 g/mol. The first-order valence-electron chi connectivity index (χ1n) is 7.47. The van der Waals surface area contributed by atoms with Gasteiger partial charge in [-0.05, 0) is 43.2 Å². The average Bonchev–Trinajstić information content (AvgIpc) is 3.22. The Morgan fingerprint density at radius 1 is 1.25 bits per heavy atom. The molecule has 4 heteroatoms. The van der Waals surface area contributed by atoms with Crippen molar-refractivity contribution in [3.63, 3.8) is 0 Å². The fraction of sp³-hybridized carbons (Fsp3) is 0.500. The first kappa shape index (κ1) is 12.5. The van der Waals surface area contributed by atoms with E-state index in [0.29, 0.717) is 0 Å². The van der Waals surface area contributed by atoms with Crippen LogP contribution in [0.5, 0.6) is 0 Å². The lowest BCUT2D eigenvalue weighted by Crippen LogP contribution is -2.33. The number of pyridine rings is 1. The summed E-state index contributed by atoms with van der Waals surface area (Å²) in [6.07, 6.45) is 7.54. The first-order chi connectivity index (χ1) is 9.88. The summed E-state index contributed by atoms with van der Waals surface area (Å²) in [5.74, 6) is 1.92. The number of hydrogen-bond donors (Lipinski definition) is 1. The number of nitrogens with one attached hydrogen (secondary N) is 1. The van der Waals surface area contributed by atoms with Gasteiger partial charge >= 0.3 is 0 Å². The molecule has 2 aromatic rings. The molecule has 0 aromatic carbocycles. The van der Waals surface area contributed by atoms with Gasteiger partial charge in [0.15, 0.2) is 0 Å². The summed E-state index contributed by atoms with van der Waals surface area (Å²) in [7, 11) is 0. The third kappa shape index (κ3) is 2.38. The van der Waals surface area contributed by atoms with Crippen molar-refractivity contribution in [3.8, 4) is 10.7 Å². The van der Waals surface area contributed by atoms with Crippen LogP contribution in [0.4, 0.5) is 0 Å². The molecule has 3 unspecified atom stereocenters. The van der Waals surface area contributed by atoms with Crippen LogP contribution >= 0.6 is 11.3 Å². The van der Waals surface area contributed by atoms with Gasteiger partial charge in [-0.25, -0.2) is 4.98 Å². The molecule has 2 bridgehead atoms. The second-order valence-corrected chi connectivity index (χ2v) is 6.88. The number of thiazole rings is 1. The predicted octanol–water partition coefficient (Wildman–Crippen LogP) is 3.48. The highest BCUT2D eigenvalue weighted by Gasteiger charge is 2.39. The van der Waals surface area contributed by atoms with Gasteiger partial charge in [0.25, 0.3) is 0 Å². The van der Waals surface area contributed by atoms with Crippen molar-refractivity contribution in [2.45, 2.75) is 38.3 Å². The van der Waals surface area contributed by atoms with Gasteiger partial charge in [-0.1, -0.05) is 12.5 Å². The minimum atomic E-state index is 0.730. The van der Waals surface area contributed by atoms with Crippen LogP contribution in [-0.4, -0.2) is 16.0 Å². The van der Waals surface area contributed by atoms with Gasteiger partial charge in [-0.2, -0.15) is 0 Å². The maximum Gasteiger partial charge on any atom is 0.142 e. The van der Waals surface area contributed by atoms with Crippen LogP contribution in [-0.2, 0) is 6.54 Å². The molecule has 2 fully saturated rings. The quantitative estimate of drug-likeness (QED) is 0.934. The van der Waals surface area contributed by atoms with Crippen LogP contribution in [0.25, 0.3) is 10.7 Å². The normalized spacial score (nSPS) is 28.1. The molecule has 0 radical (unpaired) electrons. The van der Waals surface area contributed by atoms with E-state index >= 15 is 0 Å². The van der Waals surface area contributed by atoms with Crippen LogP contribution < -0.4 is 5.32 Å². The maximum atomic E-state index is 4.70. The zero-order valence-corrected chi connectivity index (χ0v) is 12.3. The molecule has 20 heavy (non-hydrogen) atoms. The summed E-state index contributed by atoms with van der Waals surface area (Å²) in [4.78, 5) is 9.06. The van der Waals surface area contributed by atoms with Crippen LogP contribution in [0.2, 0.25) is 0 Å². The van der Waals surface area contributed by atoms with E-state index in [0.717, 1.165) is 40.8 Å². The summed E-state index contributed by atoms with van der Waals surface area (Å²) in [6, 6.07) is 6.70. The Hall–Kier alpha value is -1.26. The first-order valence-corrected chi connectivity index (χ1v) is 8.35. The Kier molecular flexibility index (Phi) is 3.28. The molecule has 2 heterocycles. The van der Waals surface area contributed by atoms with Gasteiger partial charge in [0.1, 0.15) is 5.01 Å². The number of nitrogens with zero attached hydrogens (tertiary/aromatic N) is 2. The molecule has 1 N–H and O–H groups in total. The fourth-order valence-corrected chi connectivity index (χ4v) is 4.52. The zero-order valence-electron chi connectivity index (χ0n) is 11.5. The second kappa shape index (κ2) is 5.26. The van der Waals surface area contributed by atoms with Gasteiger partial charge in [-0.3, -0.25) is 4.98 Å². The lowest BCUT2D eigenvalue weighted by molar-refractivity contribution is 0.349. The Bertz CT molecular complexity index is 580. The van der Waals surface area contributed by atoms with E-state index in [1.54, 1.807) is 11.3 Å². The molecule has 0 aliphatic heterocycles. The molecular formula is C16H19N3S. The van der Waals surface area contributed by atoms with E-state index in [2.05, 4.69) is 15.7 Å². The van der Waals surface area contributed by atoms with Gasteiger partial charge in [0.2, 0.25) is 0 Å². The molecule has 0 saturated heterocycles. The van der Waals surface area contributed by atoms with Crippen LogP contribution in [0.1, 0.15) is 31.4 Å². The van der Waals surface area contributed by atoms with Crippen molar-refractivity contribution in [2.24, 2.45) is 11.8 Å². The zero-order chi connectivity index (χ0) is 13.4. The number of aromatic nitrogens is 2. The van der Waals surface area contributed by atoms with E-state index in [9.17, 15) is 0 Å². The Morgan fingerprint density at radius 3 is 3.00 bits per heavy atom. The molecule has 0 spiro atoms. The second-order valence-electron chi connectivity index (χ2n) is 6.02. The third-order valence-corrected chi connectivity index (χ3v) is 5.63. The largest absolute Gasteiger partial charge is 0.308 e. The number of fused-ring (bicyclic) bond motifs is 2. The van der Waals surface area contributed by atoms with E-state index in [4.69, 9.17) is 4.98 Å². The van der Waals surface area contributed by atoms with Crippen molar-refractivity contribution >= 4 is 11.3 Å². The van der Waals surface area contributed by atoms with E-state index in [1.807, 2.05) is 24.4 Å². The van der Waals surface area contributed by atoms with Crippen molar-refractivity contribution < 1.29 is 0 Å². The van der Waals surface area contributed by atoms with Crippen molar-refractivity contribution in [3.05, 3.63) is 35.5 Å².